The molecule has 0 amide bonds. The molecule has 5 rings (SSSR count). The lowest BCUT2D eigenvalue weighted by Gasteiger charge is -2.37. The zero-order valence-electron chi connectivity index (χ0n) is 19.3. The van der Waals surface area contributed by atoms with Gasteiger partial charge < -0.3 is 10.1 Å². The average molecular weight is 492 g/mol. The average Bonchev–Trinajstić information content (AvgIpc) is 3.33. The first-order valence-corrected chi connectivity index (χ1v) is 12.7. The number of nitrogens with one attached hydrogen (secondary N) is 2. The van der Waals surface area contributed by atoms with Crippen LogP contribution in [0.3, 0.4) is 0 Å². The van der Waals surface area contributed by atoms with Crippen LogP contribution in [0.2, 0.25) is 0 Å². The number of hydrogen-bond acceptors (Lipinski definition) is 6. The summed E-state index contributed by atoms with van der Waals surface area (Å²) in [4.78, 5) is 11.4. The van der Waals surface area contributed by atoms with E-state index in [-0.39, 0.29) is 33.4 Å². The molecule has 3 aromatic carbocycles. The van der Waals surface area contributed by atoms with E-state index in [1.807, 2.05) is 13.0 Å². The van der Waals surface area contributed by atoms with E-state index >= 15 is 0 Å². The lowest BCUT2D eigenvalue weighted by atomic mass is 9.76. The van der Waals surface area contributed by atoms with E-state index in [1.54, 1.807) is 48.5 Å². The molecule has 0 radical (unpaired) electrons. The van der Waals surface area contributed by atoms with Gasteiger partial charge in [-0.25, -0.2) is 8.42 Å². The maximum absolute atomic E-state index is 13.3. The molecule has 3 atom stereocenters. The molecule has 3 aromatic rings. The van der Waals surface area contributed by atoms with Crippen molar-refractivity contribution in [3.8, 4) is 5.75 Å². The summed E-state index contributed by atoms with van der Waals surface area (Å²) in [5.41, 5.74) is 3.61. The van der Waals surface area contributed by atoms with Crippen LogP contribution in [-0.2, 0) is 10.0 Å². The molecule has 35 heavy (non-hydrogen) atoms. The highest BCUT2D eigenvalue weighted by atomic mass is 32.2. The Hall–Kier alpha value is -3.85. The van der Waals surface area contributed by atoms with Crippen molar-refractivity contribution >= 4 is 27.1 Å². The highest BCUT2D eigenvalue weighted by Gasteiger charge is 2.40. The van der Waals surface area contributed by atoms with Crippen molar-refractivity contribution in [2.45, 2.75) is 30.2 Å². The Morgan fingerprint density at radius 3 is 2.66 bits per heavy atom. The minimum Gasteiger partial charge on any atom is -0.495 e. The van der Waals surface area contributed by atoms with Crippen LogP contribution in [0.5, 0.6) is 5.75 Å². The summed E-state index contributed by atoms with van der Waals surface area (Å²) >= 11 is 0. The van der Waals surface area contributed by atoms with Crippen molar-refractivity contribution < 1.29 is 18.1 Å². The zero-order chi connectivity index (χ0) is 24.7. The van der Waals surface area contributed by atoms with E-state index in [2.05, 4.69) is 22.2 Å². The van der Waals surface area contributed by atoms with Gasteiger partial charge in [0.15, 0.2) is 0 Å². The van der Waals surface area contributed by atoms with E-state index in [4.69, 9.17) is 4.74 Å². The summed E-state index contributed by atoms with van der Waals surface area (Å²) in [6.07, 6.45) is 4.87. The number of hydrogen-bond donors (Lipinski definition) is 2. The number of para-hydroxylation sites is 1. The van der Waals surface area contributed by atoms with Gasteiger partial charge in [-0.1, -0.05) is 36.4 Å². The number of nitro groups is 1. The molecule has 9 heteroatoms. The Morgan fingerprint density at radius 2 is 1.89 bits per heavy atom. The predicted octanol–water partition coefficient (Wildman–Crippen LogP) is 5.54. The van der Waals surface area contributed by atoms with E-state index < -0.39 is 10.0 Å². The fraction of sp³-hybridized carbons (Fsp3) is 0.231. The largest absolute Gasteiger partial charge is 0.495 e. The number of methoxy groups -OCH3 is 1. The van der Waals surface area contributed by atoms with Gasteiger partial charge in [-0.15, -0.1) is 0 Å². The number of benzene rings is 3. The number of nitro benzene ring substituents is 1. The normalized spacial score (nSPS) is 20.5. The van der Waals surface area contributed by atoms with Crippen LogP contribution in [0.25, 0.3) is 0 Å². The number of fused-ring (bicyclic) bond motifs is 3. The van der Waals surface area contributed by atoms with Gasteiger partial charge in [-0.2, -0.15) is 0 Å². The smallest absolute Gasteiger partial charge is 0.274 e. The fourth-order valence-corrected chi connectivity index (χ4v) is 6.17. The molecule has 0 saturated carbocycles. The summed E-state index contributed by atoms with van der Waals surface area (Å²) in [7, 11) is -2.39. The Morgan fingerprint density at radius 1 is 1.09 bits per heavy atom. The van der Waals surface area contributed by atoms with Crippen LogP contribution in [0.4, 0.5) is 17.1 Å². The third kappa shape index (κ3) is 4.12. The molecule has 8 nitrogen and oxygen atoms in total. The quantitative estimate of drug-likeness (QED) is 0.266. The van der Waals surface area contributed by atoms with Gasteiger partial charge in [-0.3, -0.25) is 14.8 Å². The van der Waals surface area contributed by atoms with E-state index in [0.29, 0.717) is 17.0 Å². The third-order valence-electron chi connectivity index (χ3n) is 6.71. The van der Waals surface area contributed by atoms with Gasteiger partial charge in [0, 0.05) is 17.7 Å². The van der Waals surface area contributed by atoms with Crippen molar-refractivity contribution in [1.82, 2.24) is 0 Å². The number of anilines is 2. The van der Waals surface area contributed by atoms with Crippen molar-refractivity contribution in [2.24, 2.45) is 5.92 Å². The Kier molecular flexibility index (Phi) is 5.72. The molecule has 2 N–H and O–H groups in total. The number of aryl methyl sites for hydroxylation is 1. The molecule has 0 saturated heterocycles. The van der Waals surface area contributed by atoms with Crippen LogP contribution in [-0.4, -0.2) is 20.5 Å². The minimum atomic E-state index is -3.88. The zero-order valence-corrected chi connectivity index (χ0v) is 20.1. The summed E-state index contributed by atoms with van der Waals surface area (Å²) in [6.45, 7) is 1.88. The lowest BCUT2D eigenvalue weighted by molar-refractivity contribution is -0.385. The monoisotopic (exact) mass is 491 g/mol. The summed E-state index contributed by atoms with van der Waals surface area (Å²) < 4.78 is 34.5. The molecule has 1 aliphatic heterocycles. The summed E-state index contributed by atoms with van der Waals surface area (Å²) in [5, 5.41) is 15.1. The van der Waals surface area contributed by atoms with Gasteiger partial charge in [0.05, 0.1) is 34.2 Å². The first-order valence-electron chi connectivity index (χ1n) is 11.3. The summed E-state index contributed by atoms with van der Waals surface area (Å²) in [6, 6.07) is 16.8. The molecule has 0 fully saturated rings. The van der Waals surface area contributed by atoms with Crippen molar-refractivity contribution in [2.75, 3.05) is 17.1 Å². The van der Waals surface area contributed by atoms with E-state index in [9.17, 15) is 18.5 Å². The van der Waals surface area contributed by atoms with Gasteiger partial charge >= 0.3 is 0 Å². The van der Waals surface area contributed by atoms with Crippen LogP contribution >= 0.6 is 0 Å². The second-order valence-electron chi connectivity index (χ2n) is 8.85. The van der Waals surface area contributed by atoms with Crippen molar-refractivity contribution in [3.63, 3.8) is 0 Å². The summed E-state index contributed by atoms with van der Waals surface area (Å²) in [5.74, 6) is 0.413. The molecule has 0 aromatic heterocycles. The van der Waals surface area contributed by atoms with Crippen LogP contribution in [0.1, 0.15) is 35.1 Å². The number of nitrogens with zero attached hydrogens (tertiary/aromatic N) is 1. The topological polar surface area (TPSA) is 111 Å². The van der Waals surface area contributed by atoms with E-state index in [1.165, 1.54) is 13.2 Å². The van der Waals surface area contributed by atoms with Crippen molar-refractivity contribution in [3.05, 3.63) is 99.6 Å². The van der Waals surface area contributed by atoms with Gasteiger partial charge in [0.2, 0.25) is 0 Å². The maximum Gasteiger partial charge on any atom is 0.274 e. The molecule has 0 bridgehead atoms. The first kappa shape index (κ1) is 22.9. The standard InChI is InChI=1S/C26H25N3O5S/c1-16-10-13-25(34-2)23(14-16)28-35(32,33)17-11-12-22-21(15-17)18-7-5-8-19(18)26(27-22)20-6-3-4-9-24(20)29(30)31/h3-7,9-15,18-19,26-28H,8H2,1-2H3/t18-,19-,26+/m0/s1. The third-order valence-corrected chi connectivity index (χ3v) is 8.08. The minimum absolute atomic E-state index is 0.0337. The lowest BCUT2D eigenvalue weighted by Crippen LogP contribution is -2.30. The van der Waals surface area contributed by atoms with E-state index in [0.717, 1.165) is 23.2 Å². The molecule has 1 heterocycles. The van der Waals surface area contributed by atoms with Gasteiger partial charge in [0.25, 0.3) is 15.7 Å². The Balaban J connectivity index is 1.52. The van der Waals surface area contributed by atoms with Crippen LogP contribution in [0, 0.1) is 23.0 Å². The number of sulfonamides is 1. The van der Waals surface area contributed by atoms with Gasteiger partial charge in [-0.05, 0) is 60.7 Å². The second kappa shape index (κ2) is 8.74. The Bertz CT molecular complexity index is 1450. The molecule has 0 spiro atoms. The molecular formula is C26H25N3O5S. The molecule has 2 aliphatic rings. The first-order chi connectivity index (χ1) is 16.8. The molecule has 180 valence electrons. The molecular weight excluding hydrogens is 466 g/mol. The molecule has 1 aliphatic carbocycles. The maximum atomic E-state index is 13.3. The van der Waals surface area contributed by atoms with Crippen LogP contribution < -0.4 is 14.8 Å². The number of allylic oxidation sites excluding steroid dienone is 2. The highest BCUT2D eigenvalue weighted by molar-refractivity contribution is 7.92. The van der Waals surface area contributed by atoms with Crippen molar-refractivity contribution in [1.29, 1.82) is 0 Å². The predicted molar refractivity (Wildman–Crippen MR) is 134 cm³/mol. The Labute approximate surface area is 203 Å². The number of rotatable bonds is 6. The SMILES string of the molecule is COc1ccc(C)cc1NS(=O)(=O)c1ccc2c(c1)[C@H]1C=CC[C@@H]1[C@H](c1ccccc1[N+](=O)[O-])N2. The van der Waals surface area contributed by atoms with Gasteiger partial charge in [0.1, 0.15) is 5.75 Å². The second-order valence-corrected chi connectivity index (χ2v) is 10.5. The molecule has 0 unspecified atom stereocenters. The van der Waals surface area contributed by atoms with Crippen LogP contribution in [0.15, 0.2) is 77.7 Å². The number of ether oxygens (including phenoxy) is 1. The highest BCUT2D eigenvalue weighted by Crippen LogP contribution is 2.51. The fourth-order valence-electron chi connectivity index (χ4n) is 5.07.